The van der Waals surface area contributed by atoms with Gasteiger partial charge in [-0.15, -0.1) is 35.3 Å². The lowest BCUT2D eigenvalue weighted by molar-refractivity contribution is 0.0731. The molecular weight excluding hydrogens is 487 g/mol. The first kappa shape index (κ1) is 21.9. The molecule has 2 fully saturated rings. The fraction of sp³-hybridized carbons (Fsp3) is 0.688. The maximum atomic E-state index is 12.6. The van der Waals surface area contributed by atoms with Gasteiger partial charge in [0.05, 0.1) is 19.8 Å². The Bertz CT molecular complexity index is 717. The van der Waals surface area contributed by atoms with Crippen molar-refractivity contribution in [2.24, 2.45) is 16.6 Å². The molecule has 0 radical (unpaired) electrons. The average molecular weight is 514 g/mol. The van der Waals surface area contributed by atoms with Crippen molar-refractivity contribution in [2.75, 3.05) is 39.4 Å². The number of nitrogens with two attached hydrogens (primary N) is 1. The van der Waals surface area contributed by atoms with Crippen molar-refractivity contribution in [3.05, 3.63) is 17.0 Å². The van der Waals surface area contributed by atoms with E-state index in [4.69, 9.17) is 10.5 Å². The predicted octanol–water partition coefficient (Wildman–Crippen LogP) is 1.93. The van der Waals surface area contributed by atoms with Crippen LogP contribution < -0.4 is 5.73 Å². The lowest BCUT2D eigenvalue weighted by Crippen LogP contribution is -2.43. The van der Waals surface area contributed by atoms with E-state index in [2.05, 4.69) is 16.8 Å². The highest BCUT2D eigenvalue weighted by atomic mass is 127. The van der Waals surface area contributed by atoms with E-state index < -0.39 is 10.0 Å². The molecule has 2 N–H and O–H groups in total. The van der Waals surface area contributed by atoms with Gasteiger partial charge in [0.15, 0.2) is 5.96 Å². The number of sulfonamides is 1. The maximum Gasteiger partial charge on any atom is 0.252 e. The summed E-state index contributed by atoms with van der Waals surface area (Å²) in [4.78, 5) is 7.48. The van der Waals surface area contributed by atoms with Gasteiger partial charge in [0, 0.05) is 31.1 Å². The summed E-state index contributed by atoms with van der Waals surface area (Å²) < 4.78 is 32.3. The fourth-order valence-electron chi connectivity index (χ4n) is 3.15. The number of piperidine rings is 1. The van der Waals surface area contributed by atoms with Crippen LogP contribution in [-0.2, 0) is 21.3 Å². The highest BCUT2D eigenvalue weighted by Gasteiger charge is 2.27. The highest BCUT2D eigenvalue weighted by molar-refractivity contribution is 14.0. The van der Waals surface area contributed by atoms with Crippen LogP contribution in [0.25, 0.3) is 0 Å². The summed E-state index contributed by atoms with van der Waals surface area (Å²) >= 11 is 1.27. The van der Waals surface area contributed by atoms with Gasteiger partial charge in [0.25, 0.3) is 10.0 Å². The summed E-state index contributed by atoms with van der Waals surface area (Å²) in [6.45, 7) is 6.25. The summed E-state index contributed by atoms with van der Waals surface area (Å²) in [6.07, 6.45) is 2.37. The quantitative estimate of drug-likeness (QED) is 0.377. The summed E-state index contributed by atoms with van der Waals surface area (Å²) in [5, 5.41) is 0. The van der Waals surface area contributed by atoms with E-state index in [1.165, 1.54) is 22.1 Å². The highest BCUT2D eigenvalue weighted by Crippen LogP contribution is 2.26. The number of guanidine groups is 1. The third kappa shape index (κ3) is 5.31. The predicted molar refractivity (Wildman–Crippen MR) is 115 cm³/mol. The number of hydrogen-bond acceptors (Lipinski definition) is 5. The van der Waals surface area contributed by atoms with Gasteiger partial charge < -0.3 is 15.4 Å². The molecule has 2 saturated heterocycles. The Kier molecular flexibility index (Phi) is 8.13. The molecule has 10 heteroatoms. The van der Waals surface area contributed by atoms with Crippen molar-refractivity contribution in [1.29, 1.82) is 0 Å². The van der Waals surface area contributed by atoms with Crippen LogP contribution in [0.3, 0.4) is 0 Å². The molecule has 0 saturated carbocycles. The second-order valence-electron chi connectivity index (χ2n) is 6.61. The van der Waals surface area contributed by atoms with E-state index in [9.17, 15) is 8.42 Å². The Balaban J connectivity index is 0.00000243. The van der Waals surface area contributed by atoms with Crippen LogP contribution in [0.4, 0.5) is 0 Å². The number of ether oxygens (including phenoxy) is 1. The van der Waals surface area contributed by atoms with Gasteiger partial charge >= 0.3 is 0 Å². The number of morpholine rings is 1. The first-order valence-corrected chi connectivity index (χ1v) is 10.9. The van der Waals surface area contributed by atoms with Crippen LogP contribution >= 0.6 is 35.3 Å². The van der Waals surface area contributed by atoms with Crippen LogP contribution in [-0.4, -0.2) is 63.0 Å². The van der Waals surface area contributed by atoms with Crippen LogP contribution in [0.5, 0.6) is 0 Å². The van der Waals surface area contributed by atoms with Gasteiger partial charge in [-0.25, -0.2) is 13.4 Å². The molecule has 0 bridgehead atoms. The van der Waals surface area contributed by atoms with Gasteiger partial charge in [-0.05, 0) is 30.9 Å². The Morgan fingerprint density at radius 1 is 1.35 bits per heavy atom. The minimum Gasteiger partial charge on any atom is -0.379 e. The number of thiophene rings is 1. The molecule has 1 atom stereocenters. The van der Waals surface area contributed by atoms with Gasteiger partial charge in [0.1, 0.15) is 4.21 Å². The molecule has 148 valence electrons. The Morgan fingerprint density at radius 3 is 2.77 bits per heavy atom. The molecular formula is C16H27IN4O3S2. The zero-order valence-electron chi connectivity index (χ0n) is 15.0. The molecule has 0 amide bonds. The third-order valence-corrected chi connectivity index (χ3v) is 8.02. The molecule has 0 spiro atoms. The number of likely N-dealkylation sites (tertiary alicyclic amines) is 1. The molecule has 1 aromatic rings. The van der Waals surface area contributed by atoms with E-state index >= 15 is 0 Å². The standard InChI is InChI=1S/C16H26N4O3S2.HI/c1-13-3-2-6-19(12-13)16(17)18-11-14-4-5-15(24-14)25(21,22)20-7-9-23-10-8-20;/h4-5,13H,2-3,6-12H2,1H3,(H2,17,18);1H. The molecule has 0 aromatic carbocycles. The fourth-order valence-corrected chi connectivity index (χ4v) is 5.99. The van der Waals surface area contributed by atoms with Crippen LogP contribution in [0.1, 0.15) is 24.6 Å². The first-order valence-electron chi connectivity index (χ1n) is 8.68. The third-order valence-electron chi connectivity index (χ3n) is 4.58. The number of halogens is 1. The average Bonchev–Trinajstić information content (AvgIpc) is 3.10. The zero-order chi connectivity index (χ0) is 17.9. The number of aliphatic imine (C=N–C) groups is 1. The molecule has 26 heavy (non-hydrogen) atoms. The first-order chi connectivity index (χ1) is 12.0. The Hall–Kier alpha value is -0.430. The minimum atomic E-state index is -3.43. The van der Waals surface area contributed by atoms with Crippen LogP contribution in [0, 0.1) is 5.92 Å². The summed E-state index contributed by atoms with van der Waals surface area (Å²) in [7, 11) is -3.43. The number of rotatable bonds is 4. The van der Waals surface area contributed by atoms with Crippen molar-refractivity contribution in [1.82, 2.24) is 9.21 Å². The van der Waals surface area contributed by atoms with E-state index in [1.807, 2.05) is 6.07 Å². The summed E-state index contributed by atoms with van der Waals surface area (Å²) in [5.41, 5.74) is 6.11. The van der Waals surface area contributed by atoms with Crippen molar-refractivity contribution < 1.29 is 13.2 Å². The molecule has 1 unspecified atom stereocenters. The summed E-state index contributed by atoms with van der Waals surface area (Å²) in [6, 6.07) is 3.49. The normalized spacial score (nSPS) is 22.9. The molecule has 2 aliphatic rings. The molecule has 3 heterocycles. The number of hydrogen-bond donors (Lipinski definition) is 1. The molecule has 3 rings (SSSR count). The Morgan fingerprint density at radius 2 is 2.08 bits per heavy atom. The number of nitrogens with zero attached hydrogens (tertiary/aromatic N) is 3. The lowest BCUT2D eigenvalue weighted by Gasteiger charge is -2.31. The monoisotopic (exact) mass is 514 g/mol. The zero-order valence-corrected chi connectivity index (χ0v) is 18.9. The second kappa shape index (κ2) is 9.67. The van der Waals surface area contributed by atoms with E-state index in [1.54, 1.807) is 6.07 Å². The van der Waals surface area contributed by atoms with Gasteiger partial charge in [-0.1, -0.05) is 6.92 Å². The van der Waals surface area contributed by atoms with Gasteiger partial charge in [-0.3, -0.25) is 0 Å². The van der Waals surface area contributed by atoms with Crippen LogP contribution in [0.2, 0.25) is 0 Å². The van der Waals surface area contributed by atoms with Gasteiger partial charge in [-0.2, -0.15) is 4.31 Å². The largest absolute Gasteiger partial charge is 0.379 e. The topological polar surface area (TPSA) is 88.2 Å². The molecule has 2 aliphatic heterocycles. The Labute approximate surface area is 176 Å². The van der Waals surface area contributed by atoms with Gasteiger partial charge in [0.2, 0.25) is 0 Å². The minimum absolute atomic E-state index is 0. The van der Waals surface area contributed by atoms with Crippen LogP contribution in [0.15, 0.2) is 21.3 Å². The summed E-state index contributed by atoms with van der Waals surface area (Å²) in [5.74, 6) is 1.19. The molecule has 0 aliphatic carbocycles. The van der Waals surface area contributed by atoms with Crippen molar-refractivity contribution in [3.8, 4) is 0 Å². The molecule has 1 aromatic heterocycles. The van der Waals surface area contributed by atoms with Crippen molar-refractivity contribution >= 4 is 51.3 Å². The second-order valence-corrected chi connectivity index (χ2v) is 9.94. The van der Waals surface area contributed by atoms with E-state index in [0.29, 0.717) is 48.9 Å². The smallest absolute Gasteiger partial charge is 0.252 e. The lowest BCUT2D eigenvalue weighted by atomic mass is 10.0. The van der Waals surface area contributed by atoms with Crippen molar-refractivity contribution in [2.45, 2.75) is 30.5 Å². The SMILES string of the molecule is CC1CCCN(C(N)=NCc2ccc(S(=O)(=O)N3CCOCC3)s2)C1.I. The molecule has 7 nitrogen and oxygen atoms in total. The van der Waals surface area contributed by atoms with Crippen molar-refractivity contribution in [3.63, 3.8) is 0 Å². The maximum absolute atomic E-state index is 12.6. The van der Waals surface area contributed by atoms with E-state index in [0.717, 1.165) is 24.4 Å². The van der Waals surface area contributed by atoms with E-state index in [-0.39, 0.29) is 24.0 Å².